The average Bonchev–Trinajstić information content (AvgIpc) is 3.02. The molecule has 1 aromatic heterocycles. The lowest BCUT2D eigenvalue weighted by Gasteiger charge is -2.39. The molecule has 1 unspecified atom stereocenters. The molecule has 1 aromatic carbocycles. The molecule has 122 valence electrons. The normalized spacial score (nSPS) is 17.7. The summed E-state index contributed by atoms with van der Waals surface area (Å²) in [5.41, 5.74) is 1.70. The maximum Gasteiger partial charge on any atom is 0.255 e. The average molecular weight is 339 g/mol. The maximum absolute atomic E-state index is 12.6. The Kier molecular flexibility index (Phi) is 4.36. The van der Waals surface area contributed by atoms with E-state index in [1.807, 2.05) is 25.3 Å². The highest BCUT2D eigenvalue weighted by atomic mass is 32.1. The van der Waals surface area contributed by atoms with Crippen LogP contribution < -0.4 is 4.90 Å². The number of para-hydroxylation sites is 1. The highest BCUT2D eigenvalue weighted by Gasteiger charge is 2.34. The molecule has 1 fully saturated rings. The van der Waals surface area contributed by atoms with E-state index in [0.29, 0.717) is 23.4 Å². The van der Waals surface area contributed by atoms with Gasteiger partial charge in [0.25, 0.3) is 5.91 Å². The van der Waals surface area contributed by atoms with Crippen LogP contribution in [-0.4, -0.2) is 35.8 Å². The van der Waals surface area contributed by atoms with Crippen molar-refractivity contribution < 1.29 is 9.59 Å². The molecule has 0 aliphatic carbocycles. The van der Waals surface area contributed by atoms with Crippen molar-refractivity contribution in [2.75, 3.05) is 18.0 Å². The van der Waals surface area contributed by atoms with E-state index in [-0.39, 0.29) is 24.4 Å². The zero-order chi connectivity index (χ0) is 17.3. The lowest BCUT2D eigenvalue weighted by Crippen LogP contribution is -2.57. The monoisotopic (exact) mass is 339 g/mol. The van der Waals surface area contributed by atoms with Crippen LogP contribution in [0.5, 0.6) is 0 Å². The summed E-state index contributed by atoms with van der Waals surface area (Å²) in [5.74, 6) is -0.287. The van der Waals surface area contributed by atoms with Crippen LogP contribution in [0.4, 0.5) is 5.69 Å². The molecule has 5 nitrogen and oxygen atoms in total. The Morgan fingerprint density at radius 1 is 1.38 bits per heavy atom. The summed E-state index contributed by atoms with van der Waals surface area (Å²) in [6.45, 7) is 4.28. The van der Waals surface area contributed by atoms with Gasteiger partial charge in [0.15, 0.2) is 0 Å². The van der Waals surface area contributed by atoms with Crippen molar-refractivity contribution in [3.63, 3.8) is 0 Å². The van der Waals surface area contributed by atoms with Gasteiger partial charge in [0.05, 0.1) is 16.8 Å². The van der Waals surface area contributed by atoms with Gasteiger partial charge >= 0.3 is 0 Å². The van der Waals surface area contributed by atoms with Gasteiger partial charge in [0.1, 0.15) is 12.6 Å². The molecule has 3 rings (SSSR count). The maximum atomic E-state index is 12.6. The minimum atomic E-state index is -0.170. The summed E-state index contributed by atoms with van der Waals surface area (Å²) < 4.78 is 0. The number of rotatable bonds is 2. The molecule has 2 heterocycles. The minimum absolute atomic E-state index is 0.0225. The molecule has 24 heavy (non-hydrogen) atoms. The van der Waals surface area contributed by atoms with Crippen LogP contribution in [0, 0.1) is 18.3 Å². The van der Waals surface area contributed by atoms with Gasteiger partial charge in [-0.15, -0.1) is 11.3 Å². The van der Waals surface area contributed by atoms with Gasteiger partial charge < -0.3 is 9.80 Å². The van der Waals surface area contributed by atoms with E-state index in [9.17, 15) is 14.9 Å². The van der Waals surface area contributed by atoms with Crippen molar-refractivity contribution in [1.29, 1.82) is 5.26 Å². The quantitative estimate of drug-likeness (QED) is 0.845. The van der Waals surface area contributed by atoms with Crippen molar-refractivity contribution in [2.45, 2.75) is 19.9 Å². The van der Waals surface area contributed by atoms with Crippen molar-refractivity contribution in [1.82, 2.24) is 4.90 Å². The standard InChI is InChI=1S/C18H17N3O2S/c1-12-9-21(16-6-4-3-5-14(16)8-19)17(22)10-20(12)18(23)15-7-13(2)24-11-15/h3-7,11-12H,9-10H2,1-2H3. The number of piperazine rings is 1. The third-order valence-electron chi connectivity index (χ3n) is 4.14. The highest BCUT2D eigenvalue weighted by molar-refractivity contribution is 7.10. The van der Waals surface area contributed by atoms with Crippen LogP contribution in [0.3, 0.4) is 0 Å². The number of hydrogen-bond donors (Lipinski definition) is 0. The van der Waals surface area contributed by atoms with Crippen molar-refractivity contribution >= 4 is 28.8 Å². The molecule has 0 N–H and O–H groups in total. The van der Waals surface area contributed by atoms with Gasteiger partial charge in [-0.3, -0.25) is 9.59 Å². The summed E-state index contributed by atoms with van der Waals surface area (Å²) in [6.07, 6.45) is 0. The Labute approximate surface area is 144 Å². The number of thiophene rings is 1. The molecular formula is C18H17N3O2S. The van der Waals surface area contributed by atoms with Crippen LogP contribution in [0.15, 0.2) is 35.7 Å². The van der Waals surface area contributed by atoms with Crippen LogP contribution in [0.2, 0.25) is 0 Å². The summed E-state index contributed by atoms with van der Waals surface area (Å²) in [6, 6.07) is 10.9. The van der Waals surface area contributed by atoms with Crippen molar-refractivity contribution in [3.05, 3.63) is 51.7 Å². The first-order valence-electron chi connectivity index (χ1n) is 7.67. The molecular weight excluding hydrogens is 322 g/mol. The third kappa shape index (κ3) is 2.91. The number of amides is 2. The Morgan fingerprint density at radius 2 is 2.12 bits per heavy atom. The Balaban J connectivity index is 1.83. The smallest absolute Gasteiger partial charge is 0.255 e. The molecule has 1 aliphatic rings. The van der Waals surface area contributed by atoms with E-state index in [1.165, 1.54) is 11.3 Å². The molecule has 0 bridgehead atoms. The van der Waals surface area contributed by atoms with Crippen LogP contribution >= 0.6 is 11.3 Å². The number of benzene rings is 1. The second kappa shape index (κ2) is 6.46. The third-order valence-corrected chi connectivity index (χ3v) is 5.00. The number of nitrogens with zero attached hydrogens (tertiary/aromatic N) is 3. The zero-order valence-corrected chi connectivity index (χ0v) is 14.3. The molecule has 1 atom stereocenters. The van der Waals surface area contributed by atoms with Crippen molar-refractivity contribution in [2.24, 2.45) is 0 Å². The fourth-order valence-electron chi connectivity index (χ4n) is 2.88. The summed E-state index contributed by atoms with van der Waals surface area (Å²) in [7, 11) is 0. The number of hydrogen-bond acceptors (Lipinski definition) is 4. The second-order valence-electron chi connectivity index (χ2n) is 5.86. The Bertz CT molecular complexity index is 837. The van der Waals surface area contributed by atoms with E-state index in [1.54, 1.807) is 34.1 Å². The topological polar surface area (TPSA) is 64.4 Å². The number of carbonyl (C=O) groups is 2. The Hall–Kier alpha value is -2.65. The second-order valence-corrected chi connectivity index (χ2v) is 6.98. The number of carbonyl (C=O) groups excluding carboxylic acids is 2. The predicted molar refractivity (Wildman–Crippen MR) is 93.1 cm³/mol. The number of aryl methyl sites for hydroxylation is 1. The van der Waals surface area contributed by atoms with Gasteiger partial charge in [-0.2, -0.15) is 5.26 Å². The summed E-state index contributed by atoms with van der Waals surface area (Å²) in [5, 5.41) is 11.1. The molecule has 6 heteroatoms. The fraction of sp³-hybridized carbons (Fsp3) is 0.278. The van der Waals surface area contributed by atoms with E-state index in [4.69, 9.17) is 0 Å². The number of anilines is 1. The largest absolute Gasteiger partial charge is 0.325 e. The summed E-state index contributed by atoms with van der Waals surface area (Å²) >= 11 is 1.52. The molecule has 2 aromatic rings. The molecule has 0 radical (unpaired) electrons. The van der Waals surface area contributed by atoms with Crippen LogP contribution in [0.25, 0.3) is 0 Å². The Morgan fingerprint density at radius 3 is 2.79 bits per heavy atom. The van der Waals surface area contributed by atoms with Gasteiger partial charge in [0, 0.05) is 22.8 Å². The zero-order valence-electron chi connectivity index (χ0n) is 13.5. The molecule has 1 aliphatic heterocycles. The van der Waals surface area contributed by atoms with E-state index in [2.05, 4.69) is 6.07 Å². The van der Waals surface area contributed by atoms with Gasteiger partial charge in [-0.25, -0.2) is 0 Å². The highest BCUT2D eigenvalue weighted by Crippen LogP contribution is 2.25. The first-order chi connectivity index (χ1) is 11.5. The first kappa shape index (κ1) is 16.2. The van der Waals surface area contributed by atoms with E-state index < -0.39 is 0 Å². The lowest BCUT2D eigenvalue weighted by molar-refractivity contribution is -0.121. The van der Waals surface area contributed by atoms with E-state index >= 15 is 0 Å². The molecule has 0 saturated carbocycles. The predicted octanol–water partition coefficient (Wildman–Crippen LogP) is 2.81. The fourth-order valence-corrected chi connectivity index (χ4v) is 3.56. The van der Waals surface area contributed by atoms with E-state index in [0.717, 1.165) is 4.88 Å². The first-order valence-corrected chi connectivity index (χ1v) is 8.55. The van der Waals surface area contributed by atoms with Crippen molar-refractivity contribution in [3.8, 4) is 6.07 Å². The lowest BCUT2D eigenvalue weighted by atomic mass is 10.1. The summed E-state index contributed by atoms with van der Waals surface area (Å²) in [4.78, 5) is 29.5. The minimum Gasteiger partial charge on any atom is -0.325 e. The number of nitriles is 1. The van der Waals surface area contributed by atoms with Gasteiger partial charge in [-0.1, -0.05) is 12.1 Å². The molecule has 2 amide bonds. The van der Waals surface area contributed by atoms with Gasteiger partial charge in [0.2, 0.25) is 5.91 Å². The molecule has 1 saturated heterocycles. The molecule has 0 spiro atoms. The van der Waals surface area contributed by atoms with Crippen LogP contribution in [0.1, 0.15) is 27.7 Å². The van der Waals surface area contributed by atoms with Gasteiger partial charge in [-0.05, 0) is 32.0 Å². The van der Waals surface area contributed by atoms with Crippen LogP contribution in [-0.2, 0) is 4.79 Å². The SMILES string of the molecule is Cc1cc(C(=O)N2CC(=O)N(c3ccccc3C#N)CC2C)cs1.